The molecule has 0 N–H and O–H groups in total. The van der Waals surface area contributed by atoms with Gasteiger partial charge in [-0.15, -0.1) is 11.8 Å². The highest BCUT2D eigenvalue weighted by atomic mass is 32.2. The average Bonchev–Trinajstić information content (AvgIpc) is 2.36. The summed E-state index contributed by atoms with van der Waals surface area (Å²) in [5.74, 6) is -0.695. The Morgan fingerprint density at radius 3 is 2.52 bits per heavy atom. The number of nitrogens with zero attached hydrogens (tertiary/aromatic N) is 2. The Morgan fingerprint density at radius 2 is 2.10 bits per heavy atom. The molecule has 21 heavy (non-hydrogen) atoms. The largest absolute Gasteiger partial charge is 0.534 e. The third-order valence-corrected chi connectivity index (χ3v) is 3.99. The first-order valence-electron chi connectivity index (χ1n) is 5.65. The minimum absolute atomic E-state index is 0.121. The molecule has 0 saturated carbocycles. The molecule has 5 nitrogen and oxygen atoms in total. The maximum atomic E-state index is 12.3. The van der Waals surface area contributed by atoms with Gasteiger partial charge in [-0.1, -0.05) is 13.3 Å². The van der Waals surface area contributed by atoms with Crippen LogP contribution >= 0.6 is 11.8 Å². The molecule has 0 aliphatic carbocycles. The molecular formula is C11H11F3N2O3S2. The van der Waals surface area contributed by atoms with Crippen molar-refractivity contribution >= 4 is 21.9 Å². The molecule has 0 aliphatic heterocycles. The number of rotatable bonds is 5. The zero-order valence-corrected chi connectivity index (χ0v) is 12.7. The number of nitriles is 1. The van der Waals surface area contributed by atoms with Gasteiger partial charge in [0, 0.05) is 6.07 Å². The molecule has 0 atom stereocenters. The van der Waals surface area contributed by atoms with Crippen molar-refractivity contribution in [2.45, 2.75) is 30.3 Å². The number of alkyl halides is 3. The first-order chi connectivity index (χ1) is 9.66. The lowest BCUT2D eigenvalue weighted by Crippen LogP contribution is -2.28. The summed E-state index contributed by atoms with van der Waals surface area (Å²) in [7, 11) is -5.78. The van der Waals surface area contributed by atoms with Gasteiger partial charge in [0.05, 0.1) is 5.56 Å². The molecule has 10 heteroatoms. The number of halogens is 3. The van der Waals surface area contributed by atoms with E-state index in [1.165, 1.54) is 0 Å². The van der Waals surface area contributed by atoms with Crippen molar-refractivity contribution in [3.63, 3.8) is 0 Å². The lowest BCUT2D eigenvalue weighted by Gasteiger charge is -2.12. The van der Waals surface area contributed by atoms with E-state index in [-0.39, 0.29) is 10.6 Å². The second kappa shape index (κ2) is 6.53. The van der Waals surface area contributed by atoms with Crippen molar-refractivity contribution in [1.29, 1.82) is 5.26 Å². The first-order valence-corrected chi connectivity index (χ1v) is 8.28. The van der Waals surface area contributed by atoms with Crippen LogP contribution in [0.15, 0.2) is 11.1 Å². The summed E-state index contributed by atoms with van der Waals surface area (Å²) in [6.07, 6.45) is 2.58. The van der Waals surface area contributed by atoms with E-state index in [0.717, 1.165) is 17.8 Å². The molecule has 0 unspecified atom stereocenters. The van der Waals surface area contributed by atoms with E-state index in [2.05, 4.69) is 9.17 Å². The highest BCUT2D eigenvalue weighted by Crippen LogP contribution is 2.30. The fourth-order valence-electron chi connectivity index (χ4n) is 1.48. The SMILES string of the molecule is CCCc1cc(OS(=O)(=O)C(F)(F)F)nc(SC)c1C#N. The Kier molecular flexibility index (Phi) is 5.47. The van der Waals surface area contributed by atoms with Crippen LogP contribution in [0, 0.1) is 11.3 Å². The van der Waals surface area contributed by atoms with E-state index in [0.29, 0.717) is 18.4 Å². The van der Waals surface area contributed by atoms with Crippen LogP contribution in [0.4, 0.5) is 13.2 Å². The number of hydrogen-bond donors (Lipinski definition) is 0. The van der Waals surface area contributed by atoms with Crippen LogP contribution in [0.1, 0.15) is 24.5 Å². The topological polar surface area (TPSA) is 80.1 Å². The van der Waals surface area contributed by atoms with Gasteiger partial charge < -0.3 is 4.18 Å². The quantitative estimate of drug-likeness (QED) is 0.466. The number of aromatic nitrogens is 1. The van der Waals surface area contributed by atoms with Crippen LogP contribution in [0.3, 0.4) is 0 Å². The summed E-state index contributed by atoms with van der Waals surface area (Å²) in [5, 5.41) is 9.19. The van der Waals surface area contributed by atoms with E-state index >= 15 is 0 Å². The molecule has 1 aromatic rings. The van der Waals surface area contributed by atoms with Crippen LogP contribution in [0.5, 0.6) is 5.88 Å². The highest BCUT2D eigenvalue weighted by Gasteiger charge is 2.49. The van der Waals surface area contributed by atoms with E-state index < -0.39 is 21.5 Å². The van der Waals surface area contributed by atoms with E-state index in [4.69, 9.17) is 5.26 Å². The van der Waals surface area contributed by atoms with Crippen LogP contribution in [0.2, 0.25) is 0 Å². The summed E-state index contributed by atoms with van der Waals surface area (Å²) in [5.41, 5.74) is -4.93. The number of hydrogen-bond acceptors (Lipinski definition) is 6. The molecule has 0 spiro atoms. The van der Waals surface area contributed by atoms with Gasteiger partial charge in [-0.2, -0.15) is 26.9 Å². The van der Waals surface area contributed by atoms with Gasteiger partial charge in [-0.3, -0.25) is 0 Å². The van der Waals surface area contributed by atoms with Gasteiger partial charge in [-0.05, 0) is 18.2 Å². The second-order valence-electron chi connectivity index (χ2n) is 3.85. The zero-order valence-electron chi connectivity index (χ0n) is 11.1. The summed E-state index contributed by atoms with van der Waals surface area (Å²) in [4.78, 5) is 3.64. The van der Waals surface area contributed by atoms with Crippen LogP contribution in [-0.4, -0.2) is 25.2 Å². The van der Waals surface area contributed by atoms with Crippen LogP contribution < -0.4 is 4.18 Å². The van der Waals surface area contributed by atoms with Crippen molar-refractivity contribution in [3.05, 3.63) is 17.2 Å². The lowest BCUT2D eigenvalue weighted by atomic mass is 10.1. The molecule has 0 fully saturated rings. The smallest absolute Gasteiger partial charge is 0.355 e. The Labute approximate surface area is 124 Å². The normalized spacial score (nSPS) is 12.0. The first kappa shape index (κ1) is 17.6. The highest BCUT2D eigenvalue weighted by molar-refractivity contribution is 7.98. The molecule has 0 aromatic carbocycles. The summed E-state index contributed by atoms with van der Waals surface area (Å²) in [6.45, 7) is 1.81. The number of aryl methyl sites for hydroxylation is 1. The third kappa shape index (κ3) is 4.01. The molecule has 0 amide bonds. The molecule has 1 heterocycles. The van der Waals surface area contributed by atoms with E-state index in [9.17, 15) is 21.6 Å². The fourth-order valence-corrected chi connectivity index (χ4v) is 2.45. The van der Waals surface area contributed by atoms with Gasteiger partial charge in [0.2, 0.25) is 5.88 Å². The number of thioether (sulfide) groups is 1. The average molecular weight is 340 g/mol. The minimum Gasteiger partial charge on any atom is -0.355 e. The maximum Gasteiger partial charge on any atom is 0.534 e. The molecule has 0 saturated heterocycles. The second-order valence-corrected chi connectivity index (χ2v) is 6.18. The van der Waals surface area contributed by atoms with Crippen molar-refractivity contribution < 1.29 is 25.8 Å². The standard InChI is InChI=1S/C11H11F3N2O3S2/c1-3-4-7-5-9(16-10(20-2)8(7)6-15)19-21(17,18)11(12,13)14/h5H,3-4H2,1-2H3. The monoisotopic (exact) mass is 340 g/mol. The van der Waals surface area contributed by atoms with Crippen molar-refractivity contribution in [1.82, 2.24) is 4.98 Å². The van der Waals surface area contributed by atoms with Crippen LogP contribution in [0.25, 0.3) is 0 Å². The van der Waals surface area contributed by atoms with Gasteiger partial charge in [-0.25, -0.2) is 4.98 Å². The zero-order chi connectivity index (χ0) is 16.3. The molecule has 1 aromatic heterocycles. The Balaban J connectivity index is 3.34. The van der Waals surface area contributed by atoms with Crippen LogP contribution in [-0.2, 0) is 16.5 Å². The van der Waals surface area contributed by atoms with Crippen molar-refractivity contribution in [2.24, 2.45) is 0 Å². The fraction of sp³-hybridized carbons (Fsp3) is 0.455. The van der Waals surface area contributed by atoms with E-state index in [1.54, 1.807) is 6.26 Å². The van der Waals surface area contributed by atoms with Gasteiger partial charge in [0.15, 0.2) is 0 Å². The molecular weight excluding hydrogens is 329 g/mol. The predicted octanol–water partition coefficient (Wildman–Crippen LogP) is 2.86. The minimum atomic E-state index is -5.78. The number of pyridine rings is 1. The summed E-state index contributed by atoms with van der Waals surface area (Å²) in [6, 6.07) is 2.96. The predicted molar refractivity (Wildman–Crippen MR) is 70.3 cm³/mol. The molecule has 116 valence electrons. The molecule has 0 bridgehead atoms. The Hall–Kier alpha value is -1.47. The third-order valence-electron chi connectivity index (χ3n) is 2.35. The Bertz CT molecular complexity index is 667. The summed E-state index contributed by atoms with van der Waals surface area (Å²) >= 11 is 1.02. The van der Waals surface area contributed by atoms with Gasteiger partial charge >= 0.3 is 15.6 Å². The van der Waals surface area contributed by atoms with E-state index in [1.807, 2.05) is 13.0 Å². The molecule has 0 aliphatic rings. The summed E-state index contributed by atoms with van der Waals surface area (Å²) < 4.78 is 62.9. The Morgan fingerprint density at radius 1 is 1.48 bits per heavy atom. The molecule has 1 rings (SSSR count). The maximum absolute atomic E-state index is 12.3. The van der Waals surface area contributed by atoms with Crippen molar-refractivity contribution in [3.8, 4) is 11.9 Å². The lowest BCUT2D eigenvalue weighted by molar-refractivity contribution is -0.0501. The van der Waals surface area contributed by atoms with Gasteiger partial charge in [0.1, 0.15) is 11.1 Å². The van der Waals surface area contributed by atoms with Gasteiger partial charge in [0.25, 0.3) is 0 Å². The molecule has 0 radical (unpaired) electrons. The van der Waals surface area contributed by atoms with Crippen molar-refractivity contribution in [2.75, 3.05) is 6.26 Å².